The lowest BCUT2D eigenvalue weighted by Crippen LogP contribution is -2.64. The zero-order valence-electron chi connectivity index (χ0n) is 13.9. The van der Waals surface area contributed by atoms with Gasteiger partial charge in [-0.3, -0.25) is 4.90 Å². The van der Waals surface area contributed by atoms with Crippen LogP contribution in [0.15, 0.2) is 11.4 Å². The predicted molar refractivity (Wildman–Crippen MR) is 88.8 cm³/mol. The Morgan fingerprint density at radius 1 is 1.38 bits per heavy atom. The highest BCUT2D eigenvalue weighted by atomic mass is 32.1. The molecule has 4 heteroatoms. The Labute approximate surface area is 132 Å². The van der Waals surface area contributed by atoms with Crippen molar-refractivity contribution in [2.75, 3.05) is 13.1 Å². The molecule has 1 aromatic heterocycles. The smallest absolute Gasteiger partial charge is 0.0830 e. The number of hydrogen-bond donors (Lipinski definition) is 1. The minimum absolute atomic E-state index is 0.0878. The predicted octanol–water partition coefficient (Wildman–Crippen LogP) is 3.34. The molecule has 2 N–H and O–H groups in total. The Balaban J connectivity index is 2.01. The highest BCUT2D eigenvalue weighted by molar-refractivity contribution is 7.10. The number of hydrogen-bond acceptors (Lipinski definition) is 4. The highest BCUT2D eigenvalue weighted by Crippen LogP contribution is 2.51. The van der Waals surface area contributed by atoms with E-state index >= 15 is 0 Å². The van der Waals surface area contributed by atoms with E-state index in [2.05, 4.69) is 51.0 Å². The van der Waals surface area contributed by atoms with Gasteiger partial charge >= 0.3 is 0 Å². The molecule has 2 atom stereocenters. The van der Waals surface area contributed by atoms with Gasteiger partial charge in [0.05, 0.1) is 16.7 Å². The van der Waals surface area contributed by atoms with Crippen molar-refractivity contribution in [2.24, 2.45) is 5.73 Å². The molecule has 3 heterocycles. The van der Waals surface area contributed by atoms with E-state index < -0.39 is 0 Å². The van der Waals surface area contributed by atoms with Crippen molar-refractivity contribution in [1.29, 1.82) is 0 Å². The van der Waals surface area contributed by atoms with Gasteiger partial charge in [-0.15, -0.1) is 11.3 Å². The summed E-state index contributed by atoms with van der Waals surface area (Å²) in [6.07, 6.45) is 2.13. The molecule has 0 aliphatic carbocycles. The molecule has 2 unspecified atom stereocenters. The number of ether oxygens (including phenoxy) is 1. The van der Waals surface area contributed by atoms with Crippen molar-refractivity contribution in [3.8, 4) is 0 Å². The van der Waals surface area contributed by atoms with Crippen molar-refractivity contribution < 1.29 is 4.74 Å². The Morgan fingerprint density at radius 3 is 2.67 bits per heavy atom. The van der Waals surface area contributed by atoms with Crippen molar-refractivity contribution in [2.45, 2.75) is 70.2 Å². The monoisotopic (exact) mass is 308 g/mol. The van der Waals surface area contributed by atoms with Crippen LogP contribution in [0.4, 0.5) is 0 Å². The van der Waals surface area contributed by atoms with Crippen molar-refractivity contribution in [3.63, 3.8) is 0 Å². The van der Waals surface area contributed by atoms with Crippen LogP contribution in [0.2, 0.25) is 0 Å². The third-order valence-corrected chi connectivity index (χ3v) is 6.53. The fourth-order valence-electron chi connectivity index (χ4n) is 4.72. The summed E-state index contributed by atoms with van der Waals surface area (Å²) in [6.45, 7) is 12.9. The first-order valence-corrected chi connectivity index (χ1v) is 8.84. The maximum absolute atomic E-state index is 6.39. The van der Waals surface area contributed by atoms with E-state index in [4.69, 9.17) is 10.5 Å². The van der Waals surface area contributed by atoms with Gasteiger partial charge in [-0.1, -0.05) is 0 Å². The number of fused-ring (bicyclic) bond motifs is 1. The summed E-state index contributed by atoms with van der Waals surface area (Å²) in [5, 5.41) is 2.22. The van der Waals surface area contributed by atoms with Gasteiger partial charge in [0, 0.05) is 24.0 Å². The van der Waals surface area contributed by atoms with Gasteiger partial charge in [-0.2, -0.15) is 0 Å². The molecule has 118 valence electrons. The number of nitrogens with zero attached hydrogens (tertiary/aromatic N) is 1. The molecule has 0 saturated carbocycles. The maximum atomic E-state index is 6.39. The van der Waals surface area contributed by atoms with Gasteiger partial charge in [0.2, 0.25) is 0 Å². The van der Waals surface area contributed by atoms with Gasteiger partial charge in [-0.25, -0.2) is 0 Å². The van der Waals surface area contributed by atoms with Gasteiger partial charge in [-0.05, 0) is 64.5 Å². The molecule has 1 saturated heterocycles. The molecule has 3 rings (SSSR count). The van der Waals surface area contributed by atoms with Crippen LogP contribution < -0.4 is 5.73 Å². The van der Waals surface area contributed by atoms with Gasteiger partial charge in [0.15, 0.2) is 0 Å². The molecule has 0 aromatic carbocycles. The summed E-state index contributed by atoms with van der Waals surface area (Å²) >= 11 is 1.89. The minimum atomic E-state index is -0.229. The van der Waals surface area contributed by atoms with E-state index in [1.807, 2.05) is 11.3 Å². The number of rotatable bonds is 2. The van der Waals surface area contributed by atoms with E-state index in [0.717, 1.165) is 19.4 Å². The van der Waals surface area contributed by atoms with Crippen LogP contribution in [-0.4, -0.2) is 34.7 Å². The Bertz CT molecular complexity index is 537. The van der Waals surface area contributed by atoms with E-state index in [1.165, 1.54) is 5.56 Å². The summed E-state index contributed by atoms with van der Waals surface area (Å²) in [6, 6.07) is 2.70. The van der Waals surface area contributed by atoms with Crippen LogP contribution in [0.25, 0.3) is 0 Å². The average molecular weight is 308 g/mol. The van der Waals surface area contributed by atoms with Crippen LogP contribution in [0.5, 0.6) is 0 Å². The van der Waals surface area contributed by atoms with Crippen LogP contribution in [-0.2, 0) is 11.2 Å². The Kier molecular flexibility index (Phi) is 3.53. The highest BCUT2D eigenvalue weighted by Gasteiger charge is 2.60. The van der Waals surface area contributed by atoms with Crippen molar-refractivity contribution in [1.82, 2.24) is 4.90 Å². The molecule has 2 aliphatic heterocycles. The topological polar surface area (TPSA) is 38.5 Å². The van der Waals surface area contributed by atoms with Crippen LogP contribution in [0.1, 0.15) is 57.5 Å². The molecule has 0 radical (unpaired) electrons. The quantitative estimate of drug-likeness (QED) is 0.910. The van der Waals surface area contributed by atoms with Gasteiger partial charge in [0.25, 0.3) is 0 Å². The lowest BCUT2D eigenvalue weighted by molar-refractivity contribution is -0.111. The zero-order valence-corrected chi connectivity index (χ0v) is 14.7. The first kappa shape index (κ1) is 15.5. The normalized spacial score (nSPS) is 34.9. The fraction of sp³-hybridized carbons (Fsp3) is 0.765. The number of thiophene rings is 1. The molecule has 0 spiro atoms. The molecule has 1 aromatic rings. The molecule has 0 bridgehead atoms. The summed E-state index contributed by atoms with van der Waals surface area (Å²) in [4.78, 5) is 4.17. The second-order valence-corrected chi connectivity index (χ2v) is 8.70. The minimum Gasteiger partial charge on any atom is -0.368 e. The molecule has 3 nitrogen and oxygen atoms in total. The second kappa shape index (κ2) is 4.79. The molecule has 0 amide bonds. The lowest BCUT2D eigenvalue weighted by atomic mass is 9.75. The molecule has 21 heavy (non-hydrogen) atoms. The summed E-state index contributed by atoms with van der Waals surface area (Å²) in [5.41, 5.74) is 7.39. The lowest BCUT2D eigenvalue weighted by Gasteiger charge is -2.52. The molecular weight excluding hydrogens is 280 g/mol. The van der Waals surface area contributed by atoms with E-state index in [9.17, 15) is 0 Å². The standard InChI is InChI=1S/C17H28N2OS/c1-12-13-7-9-21-14(13)6-8-19(12)17(11-18)10-15(2,3)20-16(17,4)5/h7,9,12H,6,8,10-11,18H2,1-5H3. The third kappa shape index (κ3) is 2.19. The van der Waals surface area contributed by atoms with E-state index in [0.29, 0.717) is 12.6 Å². The summed E-state index contributed by atoms with van der Waals surface area (Å²) in [5.74, 6) is 0. The second-order valence-electron chi connectivity index (χ2n) is 7.70. The van der Waals surface area contributed by atoms with Gasteiger partial charge < -0.3 is 10.5 Å². The first-order chi connectivity index (χ1) is 9.72. The molecular formula is C17H28N2OS. The zero-order chi connectivity index (χ0) is 15.5. The number of nitrogens with two attached hydrogens (primary N) is 1. The first-order valence-electron chi connectivity index (χ1n) is 7.96. The Hall–Kier alpha value is -0.420. The third-order valence-electron chi connectivity index (χ3n) is 5.54. The Morgan fingerprint density at radius 2 is 2.10 bits per heavy atom. The summed E-state index contributed by atoms with van der Waals surface area (Å²) < 4.78 is 6.39. The van der Waals surface area contributed by atoms with E-state index in [1.54, 1.807) is 4.88 Å². The maximum Gasteiger partial charge on any atom is 0.0830 e. The largest absolute Gasteiger partial charge is 0.368 e. The fourth-order valence-corrected chi connectivity index (χ4v) is 5.68. The van der Waals surface area contributed by atoms with Crippen LogP contribution in [0.3, 0.4) is 0 Å². The van der Waals surface area contributed by atoms with Crippen LogP contribution in [0, 0.1) is 0 Å². The van der Waals surface area contributed by atoms with Crippen molar-refractivity contribution in [3.05, 3.63) is 21.9 Å². The molecule has 1 fully saturated rings. The molecule has 2 aliphatic rings. The van der Waals surface area contributed by atoms with Gasteiger partial charge in [0.1, 0.15) is 0 Å². The SMILES string of the molecule is CC1c2ccsc2CCN1C1(CN)CC(C)(C)OC1(C)C. The van der Waals surface area contributed by atoms with Crippen molar-refractivity contribution >= 4 is 11.3 Å². The van der Waals surface area contributed by atoms with E-state index in [-0.39, 0.29) is 16.7 Å². The average Bonchev–Trinajstić information content (AvgIpc) is 2.90. The van der Waals surface area contributed by atoms with Crippen LogP contribution >= 0.6 is 11.3 Å². The summed E-state index contributed by atoms with van der Waals surface area (Å²) in [7, 11) is 0.